The summed E-state index contributed by atoms with van der Waals surface area (Å²) in [6.45, 7) is 0. The van der Waals surface area contributed by atoms with E-state index in [0.29, 0.717) is 12.1 Å². The maximum absolute atomic E-state index is 13.9. The third kappa shape index (κ3) is 3.41. The molecule has 0 aliphatic carbocycles. The molecule has 2 unspecified atom stereocenters. The lowest BCUT2D eigenvalue weighted by Gasteiger charge is -2.18. The van der Waals surface area contributed by atoms with Crippen LogP contribution in [0.3, 0.4) is 0 Å². The summed E-state index contributed by atoms with van der Waals surface area (Å²) in [6, 6.07) is 4.77. The topological polar surface area (TPSA) is 91.7 Å². The van der Waals surface area contributed by atoms with Crippen molar-refractivity contribution >= 4 is 17.7 Å². The summed E-state index contributed by atoms with van der Waals surface area (Å²) >= 11 is 0. The standard InChI is InChI=1S/C17H10F4O5/c18-9-5-1-3-7(13(9)20)11(16(23)24)15(22)12(17(25)26)8-4-2-6-10(19)14(8)21/h1-6,11-12H,(H,23,24)(H,25,26). The minimum absolute atomic E-state index is 0.670. The van der Waals surface area contributed by atoms with Gasteiger partial charge in [0.05, 0.1) is 0 Å². The summed E-state index contributed by atoms with van der Waals surface area (Å²) in [4.78, 5) is 35.4. The molecular weight excluding hydrogens is 360 g/mol. The average molecular weight is 370 g/mol. The van der Waals surface area contributed by atoms with Gasteiger partial charge in [0.15, 0.2) is 29.1 Å². The van der Waals surface area contributed by atoms with Crippen molar-refractivity contribution in [3.8, 4) is 0 Å². The lowest BCUT2D eigenvalue weighted by atomic mass is 9.83. The first-order chi connectivity index (χ1) is 12.2. The summed E-state index contributed by atoms with van der Waals surface area (Å²) in [5, 5.41) is 18.5. The van der Waals surface area contributed by atoms with Gasteiger partial charge in [-0.05, 0) is 12.1 Å². The van der Waals surface area contributed by atoms with E-state index in [1.807, 2.05) is 0 Å². The molecule has 0 saturated heterocycles. The monoisotopic (exact) mass is 370 g/mol. The van der Waals surface area contributed by atoms with Crippen LogP contribution in [0.15, 0.2) is 36.4 Å². The van der Waals surface area contributed by atoms with Crippen molar-refractivity contribution in [2.24, 2.45) is 0 Å². The van der Waals surface area contributed by atoms with E-state index in [1.54, 1.807) is 0 Å². The molecule has 0 saturated carbocycles. The SMILES string of the molecule is O=C(O)C(C(=O)C(C(=O)O)c1cccc(F)c1F)c1cccc(F)c1F. The molecule has 2 N–H and O–H groups in total. The van der Waals surface area contributed by atoms with Crippen LogP contribution in [0.25, 0.3) is 0 Å². The van der Waals surface area contributed by atoms with E-state index < -0.39 is 64.0 Å². The van der Waals surface area contributed by atoms with Gasteiger partial charge in [-0.2, -0.15) is 0 Å². The number of halogens is 4. The first-order valence-electron chi connectivity index (χ1n) is 7.04. The van der Waals surface area contributed by atoms with Gasteiger partial charge in [0, 0.05) is 11.1 Å². The molecule has 5 nitrogen and oxygen atoms in total. The van der Waals surface area contributed by atoms with Crippen molar-refractivity contribution in [3.63, 3.8) is 0 Å². The summed E-state index contributed by atoms with van der Waals surface area (Å²) < 4.78 is 54.5. The molecule has 2 atom stereocenters. The van der Waals surface area contributed by atoms with Crippen molar-refractivity contribution < 1.29 is 42.2 Å². The molecule has 0 aliphatic rings. The molecule has 0 radical (unpaired) electrons. The van der Waals surface area contributed by atoms with Crippen molar-refractivity contribution in [2.75, 3.05) is 0 Å². The Bertz CT molecular complexity index is 825. The zero-order valence-electron chi connectivity index (χ0n) is 12.7. The van der Waals surface area contributed by atoms with Gasteiger partial charge in [-0.25, -0.2) is 17.6 Å². The Kier molecular flexibility index (Phi) is 5.39. The van der Waals surface area contributed by atoms with Crippen LogP contribution < -0.4 is 0 Å². The van der Waals surface area contributed by atoms with Crippen LogP contribution in [0.2, 0.25) is 0 Å². The minimum Gasteiger partial charge on any atom is -0.480 e. The fraction of sp³-hybridized carbons (Fsp3) is 0.118. The number of hydrogen-bond donors (Lipinski definition) is 2. The summed E-state index contributed by atoms with van der Waals surface area (Å²) in [7, 11) is 0. The molecule has 9 heteroatoms. The maximum Gasteiger partial charge on any atom is 0.318 e. The van der Waals surface area contributed by atoms with Gasteiger partial charge in [-0.1, -0.05) is 24.3 Å². The maximum atomic E-state index is 13.9. The third-order valence-corrected chi connectivity index (χ3v) is 3.65. The molecule has 0 aliphatic heterocycles. The predicted molar refractivity (Wildman–Crippen MR) is 78.5 cm³/mol. The normalized spacial score (nSPS) is 13.1. The van der Waals surface area contributed by atoms with Gasteiger partial charge in [0.2, 0.25) is 0 Å². The van der Waals surface area contributed by atoms with Crippen molar-refractivity contribution in [3.05, 3.63) is 70.8 Å². The van der Waals surface area contributed by atoms with Gasteiger partial charge in [-0.3, -0.25) is 14.4 Å². The molecule has 2 aromatic rings. The van der Waals surface area contributed by atoms with Gasteiger partial charge >= 0.3 is 11.9 Å². The Morgan fingerprint density at radius 1 is 0.692 bits per heavy atom. The third-order valence-electron chi connectivity index (χ3n) is 3.65. The largest absolute Gasteiger partial charge is 0.480 e. The number of rotatable bonds is 6. The highest BCUT2D eigenvalue weighted by Gasteiger charge is 2.41. The van der Waals surface area contributed by atoms with Gasteiger partial charge < -0.3 is 10.2 Å². The summed E-state index contributed by atoms with van der Waals surface area (Å²) in [5.41, 5.74) is -1.85. The average Bonchev–Trinajstić information content (AvgIpc) is 2.55. The molecular formula is C17H10F4O5. The molecule has 0 spiro atoms. The van der Waals surface area contributed by atoms with E-state index in [0.717, 1.165) is 24.3 Å². The van der Waals surface area contributed by atoms with Crippen molar-refractivity contribution in [1.29, 1.82) is 0 Å². The molecule has 0 fully saturated rings. The quantitative estimate of drug-likeness (QED) is 0.603. The fourth-order valence-corrected chi connectivity index (χ4v) is 2.47. The van der Waals surface area contributed by atoms with Crippen LogP contribution in [0.1, 0.15) is 23.0 Å². The molecule has 0 amide bonds. The molecule has 0 aromatic heterocycles. The zero-order valence-corrected chi connectivity index (χ0v) is 12.7. The van der Waals surface area contributed by atoms with Crippen LogP contribution in [-0.2, 0) is 14.4 Å². The number of aliphatic carboxylic acids is 2. The Hall–Kier alpha value is -3.23. The summed E-state index contributed by atoms with van der Waals surface area (Å²) in [6.07, 6.45) is 0. The molecule has 2 rings (SSSR count). The van der Waals surface area contributed by atoms with E-state index in [2.05, 4.69) is 0 Å². The van der Waals surface area contributed by atoms with E-state index in [4.69, 9.17) is 0 Å². The highest BCUT2D eigenvalue weighted by molar-refractivity contribution is 6.14. The second-order valence-electron chi connectivity index (χ2n) is 5.23. The lowest BCUT2D eigenvalue weighted by molar-refractivity contribution is -0.146. The van der Waals surface area contributed by atoms with E-state index in [-0.39, 0.29) is 0 Å². The minimum atomic E-state index is -2.44. The Balaban J connectivity index is 2.62. The lowest BCUT2D eigenvalue weighted by Crippen LogP contribution is -2.32. The second-order valence-corrected chi connectivity index (χ2v) is 5.23. The zero-order chi connectivity index (χ0) is 19.6. The van der Waals surface area contributed by atoms with Crippen LogP contribution in [0.4, 0.5) is 17.6 Å². The van der Waals surface area contributed by atoms with Crippen LogP contribution in [0, 0.1) is 23.3 Å². The van der Waals surface area contributed by atoms with Crippen LogP contribution >= 0.6 is 0 Å². The number of benzene rings is 2. The van der Waals surface area contributed by atoms with Crippen LogP contribution in [-0.4, -0.2) is 27.9 Å². The smallest absolute Gasteiger partial charge is 0.318 e. The highest BCUT2D eigenvalue weighted by atomic mass is 19.2. The molecule has 2 aromatic carbocycles. The fourth-order valence-electron chi connectivity index (χ4n) is 2.47. The Labute approximate surface area is 143 Å². The second kappa shape index (κ2) is 7.34. The number of carbonyl (C=O) groups is 3. The van der Waals surface area contributed by atoms with Crippen LogP contribution in [0.5, 0.6) is 0 Å². The molecule has 26 heavy (non-hydrogen) atoms. The van der Waals surface area contributed by atoms with Gasteiger partial charge in [-0.15, -0.1) is 0 Å². The number of ketones is 1. The Morgan fingerprint density at radius 2 is 1.04 bits per heavy atom. The first kappa shape index (κ1) is 19.1. The van der Waals surface area contributed by atoms with Gasteiger partial charge in [0.25, 0.3) is 0 Å². The summed E-state index contributed by atoms with van der Waals surface area (Å²) in [5.74, 6) is -16.7. The van der Waals surface area contributed by atoms with E-state index >= 15 is 0 Å². The van der Waals surface area contributed by atoms with Crippen molar-refractivity contribution in [2.45, 2.75) is 11.8 Å². The molecule has 0 heterocycles. The number of carbonyl (C=O) groups excluding carboxylic acids is 1. The number of carboxylic acids is 2. The van der Waals surface area contributed by atoms with Gasteiger partial charge in [0.1, 0.15) is 11.8 Å². The Morgan fingerprint density at radius 3 is 1.35 bits per heavy atom. The van der Waals surface area contributed by atoms with E-state index in [9.17, 15) is 42.2 Å². The number of carboxylic acid groups (broad SMARTS) is 2. The first-order valence-corrected chi connectivity index (χ1v) is 7.04. The number of hydrogen-bond acceptors (Lipinski definition) is 3. The molecule has 0 bridgehead atoms. The molecule has 136 valence electrons. The highest BCUT2D eigenvalue weighted by Crippen LogP contribution is 2.31. The predicted octanol–water partition coefficient (Wildman–Crippen LogP) is 2.85. The van der Waals surface area contributed by atoms with Crippen molar-refractivity contribution in [1.82, 2.24) is 0 Å². The van der Waals surface area contributed by atoms with E-state index in [1.165, 1.54) is 0 Å². The number of Topliss-reactive ketones (excluding diaryl/α,β-unsaturated/α-hetero) is 1.